The van der Waals surface area contributed by atoms with Crippen molar-refractivity contribution in [2.45, 2.75) is 18.3 Å². The molecule has 4 aliphatic rings. The number of benzene rings is 4. The van der Waals surface area contributed by atoms with Crippen molar-refractivity contribution < 1.29 is 44.0 Å². The Labute approximate surface area is 310 Å². The van der Waals surface area contributed by atoms with Crippen molar-refractivity contribution in [3.63, 3.8) is 0 Å². The third-order valence-corrected chi connectivity index (χ3v) is 11.6. The van der Waals surface area contributed by atoms with Gasteiger partial charge in [0, 0.05) is 23.5 Å². The quantitative estimate of drug-likeness (QED) is 0.146. The van der Waals surface area contributed by atoms with Gasteiger partial charge in [-0.1, -0.05) is 90.5 Å². The van der Waals surface area contributed by atoms with E-state index in [0.717, 1.165) is 22.6 Å². The van der Waals surface area contributed by atoms with Gasteiger partial charge in [-0.05, 0) is 65.8 Å². The minimum atomic E-state index is -1.40. The van der Waals surface area contributed by atoms with E-state index in [-0.39, 0.29) is 52.7 Å². The number of rotatable bonds is 7. The van der Waals surface area contributed by atoms with Crippen LogP contribution in [0.1, 0.15) is 39.9 Å². The SMILES string of the molecule is COc1cc(C=C[C@H]2C3=CC[C@@H]4C(=O)N(c5ccc(C(=O)O)c(O)c5)C(=O)[C@@H]4[C@@H]3C[C@H]3C(=O)C(c4ccccc4)=CC(=O)[C@@]23c2ccccc2)ccc1O. The normalized spacial score (nSPS) is 26.2. The first-order valence-electron chi connectivity index (χ1n) is 17.7. The number of Topliss-reactive ketones (excluding diaryl/α,β-unsaturated/α-hetero) is 1. The number of methoxy groups -OCH3 is 1. The molecule has 270 valence electrons. The van der Waals surface area contributed by atoms with E-state index in [1.807, 2.05) is 54.6 Å². The molecule has 8 rings (SSSR count). The molecule has 0 bridgehead atoms. The van der Waals surface area contributed by atoms with Crippen LogP contribution < -0.4 is 9.64 Å². The molecule has 0 aromatic heterocycles. The lowest BCUT2D eigenvalue weighted by Gasteiger charge is -2.54. The molecule has 3 N–H and O–H groups in total. The van der Waals surface area contributed by atoms with Gasteiger partial charge in [-0.2, -0.15) is 0 Å². The van der Waals surface area contributed by atoms with Gasteiger partial charge in [0.25, 0.3) is 0 Å². The summed E-state index contributed by atoms with van der Waals surface area (Å²) in [7, 11) is 1.45. The van der Waals surface area contributed by atoms with Crippen LogP contribution in [0, 0.1) is 29.6 Å². The van der Waals surface area contributed by atoms with Crippen LogP contribution >= 0.6 is 0 Å². The fourth-order valence-corrected chi connectivity index (χ4v) is 9.22. The van der Waals surface area contributed by atoms with Crippen LogP contribution in [-0.4, -0.2) is 51.8 Å². The zero-order valence-corrected chi connectivity index (χ0v) is 29.1. The molecule has 0 spiro atoms. The number of aromatic hydroxyl groups is 2. The van der Waals surface area contributed by atoms with Crippen LogP contribution in [-0.2, 0) is 24.6 Å². The number of aromatic carboxylic acids is 1. The fraction of sp³-hybridized carbons (Fsp3) is 0.205. The van der Waals surface area contributed by atoms with Crippen molar-refractivity contribution in [2.75, 3.05) is 12.0 Å². The number of nitrogens with zero attached hydrogens (tertiary/aromatic N) is 1. The summed E-state index contributed by atoms with van der Waals surface area (Å²) in [4.78, 5) is 71.2. The molecule has 6 atom stereocenters. The zero-order chi connectivity index (χ0) is 37.9. The highest BCUT2D eigenvalue weighted by atomic mass is 16.5. The Hall–Kier alpha value is -6.55. The van der Waals surface area contributed by atoms with Gasteiger partial charge >= 0.3 is 5.97 Å². The minimum Gasteiger partial charge on any atom is -0.507 e. The summed E-state index contributed by atoms with van der Waals surface area (Å²) in [6, 6.07) is 26.7. The number of phenolic OH excluding ortho intramolecular Hbond substituents is 1. The van der Waals surface area contributed by atoms with Gasteiger partial charge in [0.05, 0.1) is 30.0 Å². The average Bonchev–Trinajstić information content (AvgIpc) is 3.44. The van der Waals surface area contributed by atoms with Gasteiger partial charge in [-0.25, -0.2) is 9.69 Å². The number of hydrogen-bond acceptors (Lipinski definition) is 8. The molecule has 1 saturated heterocycles. The first-order valence-corrected chi connectivity index (χ1v) is 17.7. The predicted molar refractivity (Wildman–Crippen MR) is 199 cm³/mol. The van der Waals surface area contributed by atoms with Crippen molar-refractivity contribution in [1.82, 2.24) is 0 Å². The number of fused-ring (bicyclic) bond motifs is 4. The molecule has 54 heavy (non-hydrogen) atoms. The van der Waals surface area contributed by atoms with Crippen molar-refractivity contribution in [3.05, 3.63) is 143 Å². The average molecular weight is 722 g/mol. The van der Waals surface area contributed by atoms with Gasteiger partial charge in [0.1, 0.15) is 11.3 Å². The predicted octanol–water partition coefficient (Wildman–Crippen LogP) is 6.38. The highest BCUT2D eigenvalue weighted by molar-refractivity contribution is 6.31. The fourth-order valence-electron chi connectivity index (χ4n) is 9.22. The van der Waals surface area contributed by atoms with E-state index in [0.29, 0.717) is 16.7 Å². The summed E-state index contributed by atoms with van der Waals surface area (Å²) in [5.74, 6) is -7.14. The van der Waals surface area contributed by atoms with Crippen LogP contribution in [0.4, 0.5) is 5.69 Å². The lowest BCUT2D eigenvalue weighted by Crippen LogP contribution is -2.59. The number of ether oxygens (including phenoxy) is 1. The molecular formula is C44H35NO9. The van der Waals surface area contributed by atoms with Gasteiger partial charge in [0.15, 0.2) is 23.1 Å². The van der Waals surface area contributed by atoms with E-state index in [4.69, 9.17) is 4.74 Å². The second-order valence-corrected chi connectivity index (χ2v) is 14.1. The maximum Gasteiger partial charge on any atom is 0.339 e. The van der Waals surface area contributed by atoms with Crippen LogP contribution in [0.2, 0.25) is 0 Å². The monoisotopic (exact) mass is 721 g/mol. The van der Waals surface area contributed by atoms with Crippen molar-refractivity contribution >= 4 is 46.7 Å². The van der Waals surface area contributed by atoms with Gasteiger partial charge < -0.3 is 20.1 Å². The first-order chi connectivity index (χ1) is 26.1. The number of carbonyl (C=O) groups excluding carboxylic acids is 4. The van der Waals surface area contributed by atoms with E-state index in [9.17, 15) is 29.7 Å². The number of phenols is 2. The summed E-state index contributed by atoms with van der Waals surface area (Å²) in [5.41, 5.74) is 1.26. The number of ketones is 2. The molecule has 10 nitrogen and oxygen atoms in total. The second kappa shape index (κ2) is 13.1. The number of carbonyl (C=O) groups is 5. The summed E-state index contributed by atoms with van der Waals surface area (Å²) < 4.78 is 5.34. The number of imide groups is 1. The topological polar surface area (TPSA) is 159 Å². The van der Waals surface area contributed by atoms with Crippen LogP contribution in [0.5, 0.6) is 17.2 Å². The Morgan fingerprint density at radius 3 is 2.26 bits per heavy atom. The molecular weight excluding hydrogens is 686 g/mol. The molecule has 0 radical (unpaired) electrons. The number of anilines is 1. The van der Waals surface area contributed by atoms with Crippen LogP contribution in [0.3, 0.4) is 0 Å². The number of carboxylic acid groups (broad SMARTS) is 1. The van der Waals surface area contributed by atoms with Crippen molar-refractivity contribution in [3.8, 4) is 17.2 Å². The highest BCUT2D eigenvalue weighted by Crippen LogP contribution is 2.61. The number of carboxylic acids is 1. The minimum absolute atomic E-state index is 0.0410. The van der Waals surface area contributed by atoms with Crippen LogP contribution in [0.25, 0.3) is 11.6 Å². The Kier molecular flexibility index (Phi) is 8.40. The van der Waals surface area contributed by atoms with Gasteiger partial charge in [-0.3, -0.25) is 19.2 Å². The van der Waals surface area contributed by atoms with Gasteiger partial charge in [-0.15, -0.1) is 0 Å². The Balaban J connectivity index is 1.31. The van der Waals surface area contributed by atoms with Crippen molar-refractivity contribution in [1.29, 1.82) is 0 Å². The molecule has 3 aliphatic carbocycles. The Morgan fingerprint density at radius 1 is 0.852 bits per heavy atom. The molecule has 2 amide bonds. The third-order valence-electron chi connectivity index (χ3n) is 11.6. The number of allylic oxidation sites excluding steroid dienone is 5. The number of hydrogen-bond donors (Lipinski definition) is 3. The highest BCUT2D eigenvalue weighted by Gasteiger charge is 2.65. The Morgan fingerprint density at radius 2 is 1.57 bits per heavy atom. The standard InChI is InChI=1S/C44H35NO9/c1-54-37-20-24(13-19-35(37)46)12-18-33-28-16-17-30-39(42(51)45(41(30)50)27-14-15-29(43(52)53)36(47)21-27)32(28)22-34-40(49)31(25-8-4-2-5-9-25)23-38(48)44(33,34)26-10-6-3-7-11-26/h2-16,18-21,23,30,32-34,39,46-47H,17,22H2,1H3,(H,52,53)/t30-,32+,33-,34-,39-,44-/m0/s1. The first kappa shape index (κ1) is 34.5. The summed E-state index contributed by atoms with van der Waals surface area (Å²) in [6.45, 7) is 0. The lowest BCUT2D eigenvalue weighted by molar-refractivity contribution is -0.135. The van der Waals surface area contributed by atoms with Gasteiger partial charge in [0.2, 0.25) is 11.8 Å². The molecule has 4 aromatic rings. The molecule has 4 aromatic carbocycles. The lowest BCUT2D eigenvalue weighted by atomic mass is 9.45. The Bertz CT molecular complexity index is 2340. The summed E-state index contributed by atoms with van der Waals surface area (Å²) in [6.07, 6.45) is 7.41. The number of amides is 2. The largest absolute Gasteiger partial charge is 0.507 e. The van der Waals surface area contributed by atoms with E-state index >= 15 is 9.59 Å². The smallest absolute Gasteiger partial charge is 0.339 e. The molecule has 0 unspecified atom stereocenters. The molecule has 1 saturated carbocycles. The van der Waals surface area contributed by atoms with E-state index < -0.39 is 58.5 Å². The third kappa shape index (κ3) is 5.20. The second-order valence-electron chi connectivity index (χ2n) is 14.1. The van der Waals surface area contributed by atoms with E-state index in [1.165, 1.54) is 25.3 Å². The summed E-state index contributed by atoms with van der Waals surface area (Å²) in [5, 5.41) is 30.2. The maximum atomic E-state index is 15.1. The molecule has 1 heterocycles. The molecule has 1 aliphatic heterocycles. The summed E-state index contributed by atoms with van der Waals surface area (Å²) >= 11 is 0. The van der Waals surface area contributed by atoms with E-state index in [2.05, 4.69) is 0 Å². The zero-order valence-electron chi connectivity index (χ0n) is 29.1. The maximum absolute atomic E-state index is 15.1. The van der Waals surface area contributed by atoms with E-state index in [1.54, 1.807) is 36.4 Å². The van der Waals surface area contributed by atoms with Crippen molar-refractivity contribution in [2.24, 2.45) is 29.6 Å². The molecule has 10 heteroatoms. The van der Waals surface area contributed by atoms with Crippen LogP contribution in [0.15, 0.2) is 121 Å². The molecule has 2 fully saturated rings.